The lowest BCUT2D eigenvalue weighted by atomic mass is 10.1. The molecule has 2 heterocycles. The number of amides is 1. The second-order valence-corrected chi connectivity index (χ2v) is 7.40. The highest BCUT2D eigenvalue weighted by atomic mass is 32.2. The summed E-state index contributed by atoms with van der Waals surface area (Å²) in [5.41, 5.74) is 4.93. The molecule has 1 amide bonds. The molecule has 4 N–H and O–H groups in total. The van der Waals surface area contributed by atoms with Crippen molar-refractivity contribution < 1.29 is 9.18 Å². The zero-order valence-corrected chi connectivity index (χ0v) is 15.7. The number of hydrogen-bond donors (Lipinski definition) is 3. The highest BCUT2D eigenvalue weighted by molar-refractivity contribution is 7.99. The van der Waals surface area contributed by atoms with E-state index in [1.54, 1.807) is 0 Å². The molecule has 0 spiro atoms. The second-order valence-electron chi connectivity index (χ2n) is 6.32. The lowest BCUT2D eigenvalue weighted by molar-refractivity contribution is 0.102. The number of likely N-dealkylation sites (tertiary alicyclic amines) is 1. The molecular weight excluding hydrogens is 369 g/mol. The van der Waals surface area contributed by atoms with Crippen molar-refractivity contribution in [1.29, 1.82) is 0 Å². The van der Waals surface area contributed by atoms with Crippen molar-refractivity contribution in [3.05, 3.63) is 46.0 Å². The minimum absolute atomic E-state index is 0.0936. The van der Waals surface area contributed by atoms with Gasteiger partial charge in [0.05, 0.1) is 5.56 Å². The van der Waals surface area contributed by atoms with Crippen LogP contribution in [0.4, 0.5) is 15.9 Å². The van der Waals surface area contributed by atoms with Crippen LogP contribution in [0.1, 0.15) is 29.6 Å². The van der Waals surface area contributed by atoms with Gasteiger partial charge in [-0.25, -0.2) is 9.37 Å². The summed E-state index contributed by atoms with van der Waals surface area (Å²) in [5, 5.41) is 2.74. The third kappa shape index (κ3) is 5.08. The molecule has 1 aromatic heterocycles. The lowest BCUT2D eigenvalue weighted by Crippen LogP contribution is -2.31. The van der Waals surface area contributed by atoms with E-state index >= 15 is 0 Å². The van der Waals surface area contributed by atoms with E-state index in [2.05, 4.69) is 20.2 Å². The zero-order chi connectivity index (χ0) is 19.2. The summed E-state index contributed by atoms with van der Waals surface area (Å²) in [6, 6.07) is 5.51. The summed E-state index contributed by atoms with van der Waals surface area (Å²) in [6.07, 6.45) is 3.74. The Kier molecular flexibility index (Phi) is 6.46. The van der Waals surface area contributed by atoms with Crippen LogP contribution in [-0.2, 0) is 0 Å². The Morgan fingerprint density at radius 3 is 2.74 bits per heavy atom. The number of thioether (sulfide) groups is 1. The van der Waals surface area contributed by atoms with Crippen molar-refractivity contribution in [3.8, 4) is 0 Å². The van der Waals surface area contributed by atoms with Crippen LogP contribution >= 0.6 is 11.8 Å². The van der Waals surface area contributed by atoms with Crippen molar-refractivity contribution in [1.82, 2.24) is 14.9 Å². The quantitative estimate of drug-likeness (QED) is 0.516. The number of hydrogen-bond acceptors (Lipinski definition) is 6. The van der Waals surface area contributed by atoms with Gasteiger partial charge in [0.1, 0.15) is 11.5 Å². The van der Waals surface area contributed by atoms with E-state index in [-0.39, 0.29) is 17.1 Å². The number of benzene rings is 1. The molecule has 9 heteroatoms. The topological polar surface area (TPSA) is 104 Å². The molecule has 1 fully saturated rings. The number of halogens is 1. The highest BCUT2D eigenvalue weighted by Gasteiger charge is 2.17. The molecule has 0 aliphatic carbocycles. The first-order valence-corrected chi connectivity index (χ1v) is 9.84. The van der Waals surface area contributed by atoms with E-state index in [0.717, 1.165) is 25.4 Å². The van der Waals surface area contributed by atoms with Crippen LogP contribution in [0.5, 0.6) is 0 Å². The van der Waals surface area contributed by atoms with E-state index in [1.165, 1.54) is 55.3 Å². The van der Waals surface area contributed by atoms with Crippen molar-refractivity contribution in [2.24, 2.45) is 0 Å². The second kappa shape index (κ2) is 9.01. The maximum Gasteiger partial charge on any atom is 0.277 e. The number of rotatable bonds is 6. The Labute approximate surface area is 160 Å². The maximum absolute atomic E-state index is 13.7. The fourth-order valence-electron chi connectivity index (χ4n) is 2.94. The molecule has 2 aromatic rings. The third-order valence-electron chi connectivity index (χ3n) is 4.38. The van der Waals surface area contributed by atoms with Gasteiger partial charge in [-0.15, -0.1) is 0 Å². The number of nitrogens with two attached hydrogens (primary N) is 1. The molecule has 1 aromatic carbocycles. The molecule has 1 aliphatic rings. The average Bonchev–Trinajstić information content (AvgIpc) is 2.66. The smallest absolute Gasteiger partial charge is 0.277 e. The fraction of sp³-hybridized carbons (Fsp3) is 0.389. The maximum atomic E-state index is 13.7. The van der Waals surface area contributed by atoms with Gasteiger partial charge in [0.2, 0.25) is 0 Å². The molecule has 1 saturated heterocycles. The predicted octanol–water partition coefficient (Wildman–Crippen LogP) is 2.32. The first-order chi connectivity index (χ1) is 13.0. The van der Waals surface area contributed by atoms with Crippen molar-refractivity contribution in [3.63, 3.8) is 0 Å². The van der Waals surface area contributed by atoms with Crippen LogP contribution in [0.25, 0.3) is 0 Å². The van der Waals surface area contributed by atoms with Gasteiger partial charge in [0, 0.05) is 12.3 Å². The number of anilines is 2. The molecule has 0 atom stereocenters. The van der Waals surface area contributed by atoms with Gasteiger partial charge in [0.15, 0.2) is 11.0 Å². The third-order valence-corrected chi connectivity index (χ3v) is 5.23. The van der Waals surface area contributed by atoms with Gasteiger partial charge in [-0.1, -0.05) is 30.3 Å². The Morgan fingerprint density at radius 1 is 1.30 bits per heavy atom. The Balaban J connectivity index is 1.63. The molecule has 3 rings (SSSR count). The van der Waals surface area contributed by atoms with Crippen LogP contribution < -0.4 is 16.6 Å². The van der Waals surface area contributed by atoms with Gasteiger partial charge in [0.25, 0.3) is 11.5 Å². The number of aromatic amines is 1. The van der Waals surface area contributed by atoms with E-state index < -0.39 is 17.3 Å². The number of carbonyl (C=O) groups excluding carboxylic acids is 1. The first-order valence-electron chi connectivity index (χ1n) is 8.85. The number of piperidine rings is 1. The SMILES string of the molecule is Nc1nc(SCCN2CCCCC2)[nH]c(=O)c1NC(=O)c1ccccc1F. The van der Waals surface area contributed by atoms with Crippen molar-refractivity contribution in [2.75, 3.05) is 36.4 Å². The standard InChI is InChI=1S/C18H22FN5O2S/c19-13-7-3-2-6-12(13)16(25)21-14-15(20)22-18(23-17(14)26)27-11-10-24-8-4-1-5-9-24/h2-3,6-7H,1,4-5,8-11H2,(H,21,25)(H3,20,22,23,26). The summed E-state index contributed by atoms with van der Waals surface area (Å²) in [7, 11) is 0. The van der Waals surface area contributed by atoms with Gasteiger partial charge < -0.3 is 16.0 Å². The zero-order valence-electron chi connectivity index (χ0n) is 14.8. The Morgan fingerprint density at radius 2 is 2.04 bits per heavy atom. The van der Waals surface area contributed by atoms with Crippen LogP contribution in [0, 0.1) is 5.82 Å². The Hall–Kier alpha value is -2.39. The van der Waals surface area contributed by atoms with Crippen molar-refractivity contribution in [2.45, 2.75) is 24.4 Å². The predicted molar refractivity (Wildman–Crippen MR) is 105 cm³/mol. The number of nitrogens with zero attached hydrogens (tertiary/aromatic N) is 2. The minimum atomic E-state index is -0.752. The summed E-state index contributed by atoms with van der Waals surface area (Å²) >= 11 is 1.41. The van der Waals surface area contributed by atoms with E-state index in [9.17, 15) is 14.0 Å². The van der Waals surface area contributed by atoms with Gasteiger partial charge >= 0.3 is 0 Å². The lowest BCUT2D eigenvalue weighted by Gasteiger charge is -2.25. The summed E-state index contributed by atoms with van der Waals surface area (Å²) < 4.78 is 13.7. The summed E-state index contributed by atoms with van der Waals surface area (Å²) in [4.78, 5) is 33.6. The van der Waals surface area contributed by atoms with Gasteiger partial charge in [-0.3, -0.25) is 14.6 Å². The number of aromatic nitrogens is 2. The summed E-state index contributed by atoms with van der Waals surface area (Å²) in [5.74, 6) is -0.743. The van der Waals surface area contributed by atoms with Crippen LogP contribution in [0.2, 0.25) is 0 Å². The molecule has 144 valence electrons. The number of nitrogens with one attached hydrogen (secondary N) is 2. The van der Waals surface area contributed by atoms with Gasteiger partial charge in [-0.05, 0) is 38.1 Å². The van der Waals surface area contributed by atoms with Crippen LogP contribution in [0.15, 0.2) is 34.2 Å². The van der Waals surface area contributed by atoms with Crippen LogP contribution in [-0.4, -0.2) is 46.2 Å². The summed E-state index contributed by atoms with van der Waals surface area (Å²) in [6.45, 7) is 3.13. The normalized spacial score (nSPS) is 14.9. The molecule has 0 unspecified atom stereocenters. The molecule has 0 saturated carbocycles. The van der Waals surface area contributed by atoms with E-state index in [1.807, 2.05) is 0 Å². The Bertz CT molecular complexity index is 867. The van der Waals surface area contributed by atoms with E-state index in [0.29, 0.717) is 5.16 Å². The highest BCUT2D eigenvalue weighted by Crippen LogP contribution is 2.18. The first kappa shape index (κ1) is 19.4. The molecule has 7 nitrogen and oxygen atoms in total. The largest absolute Gasteiger partial charge is 0.382 e. The molecular formula is C18H22FN5O2S. The minimum Gasteiger partial charge on any atom is -0.382 e. The molecule has 0 radical (unpaired) electrons. The monoisotopic (exact) mass is 391 g/mol. The number of H-pyrrole nitrogens is 1. The van der Waals surface area contributed by atoms with Crippen molar-refractivity contribution >= 4 is 29.2 Å². The van der Waals surface area contributed by atoms with Crippen LogP contribution in [0.3, 0.4) is 0 Å². The number of nitrogen functional groups attached to an aromatic ring is 1. The average molecular weight is 391 g/mol. The molecule has 0 bridgehead atoms. The molecule has 1 aliphatic heterocycles. The van der Waals surface area contributed by atoms with Gasteiger partial charge in [-0.2, -0.15) is 0 Å². The fourth-order valence-corrected chi connectivity index (χ4v) is 3.81. The molecule has 27 heavy (non-hydrogen) atoms. The van der Waals surface area contributed by atoms with E-state index in [4.69, 9.17) is 5.73 Å². The number of carbonyl (C=O) groups is 1.